The summed E-state index contributed by atoms with van der Waals surface area (Å²) in [5.41, 5.74) is 3.27. The Balaban J connectivity index is 1.85. The normalized spacial score (nSPS) is 22.6. The van der Waals surface area contributed by atoms with Gasteiger partial charge in [-0.2, -0.15) is 0 Å². The summed E-state index contributed by atoms with van der Waals surface area (Å²) in [4.78, 5) is 27.6. The van der Waals surface area contributed by atoms with Crippen LogP contribution in [0.2, 0.25) is 0 Å². The Morgan fingerprint density at radius 1 is 0.927 bits per heavy atom. The van der Waals surface area contributed by atoms with Gasteiger partial charge in [-0.05, 0) is 53.8 Å². The van der Waals surface area contributed by atoms with Crippen molar-refractivity contribution in [2.75, 3.05) is 49.3 Å². The molecule has 11 nitrogen and oxygen atoms in total. The number of hydrogen-bond donors (Lipinski definition) is 0. The van der Waals surface area contributed by atoms with E-state index in [1.54, 1.807) is 46.5 Å². The van der Waals surface area contributed by atoms with Crippen molar-refractivity contribution in [2.45, 2.75) is 38.0 Å². The fourth-order valence-corrected chi connectivity index (χ4v) is 6.15. The highest BCUT2D eigenvalue weighted by atomic mass is 16.6. The van der Waals surface area contributed by atoms with Gasteiger partial charge >= 0.3 is 12.1 Å². The van der Waals surface area contributed by atoms with E-state index in [0.29, 0.717) is 41.6 Å². The number of cyclic esters (lactones) is 1. The summed E-state index contributed by atoms with van der Waals surface area (Å²) in [6.07, 6.45) is 1.52. The third-order valence-corrected chi connectivity index (χ3v) is 8.09. The highest BCUT2D eigenvalue weighted by Crippen LogP contribution is 2.55. The van der Waals surface area contributed by atoms with Crippen molar-refractivity contribution in [3.63, 3.8) is 0 Å². The molecule has 2 heterocycles. The Morgan fingerprint density at radius 2 is 1.61 bits per heavy atom. The highest BCUT2D eigenvalue weighted by molar-refractivity contribution is 5.88. The maximum absolute atomic E-state index is 13.1. The third-order valence-electron chi connectivity index (χ3n) is 8.09. The molecule has 0 saturated carbocycles. The molecule has 2 aromatic rings. The van der Waals surface area contributed by atoms with E-state index in [-0.39, 0.29) is 24.3 Å². The lowest BCUT2D eigenvalue weighted by Crippen LogP contribution is -2.51. The van der Waals surface area contributed by atoms with Crippen molar-refractivity contribution in [2.24, 2.45) is 5.92 Å². The molecule has 41 heavy (non-hydrogen) atoms. The number of amides is 1. The predicted octanol–water partition coefficient (Wildman–Crippen LogP) is 4.30. The molecule has 2 aliphatic heterocycles. The number of methoxy groups -OCH3 is 6. The summed E-state index contributed by atoms with van der Waals surface area (Å²) >= 11 is 0. The van der Waals surface area contributed by atoms with Gasteiger partial charge < -0.3 is 37.9 Å². The van der Waals surface area contributed by atoms with Gasteiger partial charge in [-0.25, -0.2) is 9.59 Å². The van der Waals surface area contributed by atoms with Gasteiger partial charge in [0.15, 0.2) is 29.2 Å². The molecule has 1 amide bonds. The summed E-state index contributed by atoms with van der Waals surface area (Å²) in [5.74, 6) is 1.07. The molecule has 0 radical (unpaired) electrons. The summed E-state index contributed by atoms with van der Waals surface area (Å²) in [6, 6.07) is 5.47. The number of hydrogen-bond acceptors (Lipinski definition) is 10. The SMILES string of the molecule is CC[C@@H]1COC(=O)N1[C@@H]1OC(C(=O)OC)=C[C@@H]2c3cc(OC)c(OC)cc3-c3c(cc(OC)c(OC)c3OC)C[C@H]21. The van der Waals surface area contributed by atoms with Crippen molar-refractivity contribution in [1.82, 2.24) is 4.90 Å². The monoisotopic (exact) mass is 569 g/mol. The van der Waals surface area contributed by atoms with Crippen molar-refractivity contribution in [1.29, 1.82) is 0 Å². The van der Waals surface area contributed by atoms with E-state index < -0.39 is 24.2 Å². The van der Waals surface area contributed by atoms with Gasteiger partial charge in [0.2, 0.25) is 11.5 Å². The zero-order valence-corrected chi connectivity index (χ0v) is 24.3. The number of carbonyl (C=O) groups is 2. The van der Waals surface area contributed by atoms with E-state index in [4.69, 9.17) is 37.9 Å². The minimum atomic E-state index is -0.829. The number of esters is 1. The first-order chi connectivity index (χ1) is 19.8. The molecule has 220 valence electrons. The van der Waals surface area contributed by atoms with E-state index in [0.717, 1.165) is 22.3 Å². The Hall–Kier alpha value is -4.28. The van der Waals surface area contributed by atoms with Crippen LogP contribution in [0.3, 0.4) is 0 Å². The van der Waals surface area contributed by atoms with Crippen molar-refractivity contribution >= 4 is 12.1 Å². The van der Waals surface area contributed by atoms with Crippen LogP contribution in [-0.2, 0) is 25.4 Å². The average Bonchev–Trinajstić information content (AvgIpc) is 3.32. The number of rotatable bonds is 8. The standard InChI is InChI=1S/C30H35NO10/c1-8-16-14-40-30(33)31(16)28-20-9-15-10-23(36-4)26(37-5)27(38-6)25(15)19-13-22(35-3)21(34-2)11-17(19)18(20)12-24(41-28)29(32)39-7/h10-13,16,18,20,28H,8-9,14H2,1-7H3/t16-,18-,20-,28-/m1/s1. The largest absolute Gasteiger partial charge is 0.493 e. The quantitative estimate of drug-likeness (QED) is 0.427. The van der Waals surface area contributed by atoms with E-state index in [9.17, 15) is 9.59 Å². The lowest BCUT2D eigenvalue weighted by molar-refractivity contribution is -0.147. The van der Waals surface area contributed by atoms with Gasteiger partial charge in [0.05, 0.1) is 48.7 Å². The van der Waals surface area contributed by atoms with Crippen LogP contribution < -0.4 is 23.7 Å². The van der Waals surface area contributed by atoms with E-state index in [2.05, 4.69) is 0 Å². The van der Waals surface area contributed by atoms with Crippen LogP contribution in [0.5, 0.6) is 28.7 Å². The summed E-state index contributed by atoms with van der Waals surface area (Å²) in [7, 11) is 9.12. The van der Waals surface area contributed by atoms with Crippen LogP contribution in [0.4, 0.5) is 4.79 Å². The molecule has 4 atom stereocenters. The number of ether oxygens (including phenoxy) is 8. The molecule has 2 aromatic carbocycles. The molecule has 0 N–H and O–H groups in total. The van der Waals surface area contributed by atoms with E-state index in [1.165, 1.54) is 7.11 Å². The first-order valence-corrected chi connectivity index (χ1v) is 13.3. The second-order valence-electron chi connectivity index (χ2n) is 9.94. The van der Waals surface area contributed by atoms with Gasteiger partial charge in [0.1, 0.15) is 6.61 Å². The molecule has 0 bridgehead atoms. The van der Waals surface area contributed by atoms with Gasteiger partial charge in [0, 0.05) is 17.4 Å². The van der Waals surface area contributed by atoms with Gasteiger partial charge in [0.25, 0.3) is 0 Å². The molecule has 0 unspecified atom stereocenters. The van der Waals surface area contributed by atoms with E-state index >= 15 is 0 Å². The van der Waals surface area contributed by atoms with Crippen molar-refractivity contribution in [3.8, 4) is 39.9 Å². The minimum absolute atomic E-state index is 0.0159. The fraction of sp³-hybridized carbons (Fsp3) is 0.467. The summed E-state index contributed by atoms with van der Waals surface area (Å²) < 4.78 is 45.6. The lowest BCUT2D eigenvalue weighted by atomic mass is 9.79. The second kappa shape index (κ2) is 11.3. The number of nitrogens with zero attached hydrogens (tertiary/aromatic N) is 1. The minimum Gasteiger partial charge on any atom is -0.493 e. The van der Waals surface area contributed by atoms with Gasteiger partial charge in [-0.3, -0.25) is 4.90 Å². The Morgan fingerprint density at radius 3 is 2.22 bits per heavy atom. The number of allylic oxidation sites excluding steroid dienone is 1. The molecule has 1 saturated heterocycles. The zero-order valence-electron chi connectivity index (χ0n) is 24.3. The highest BCUT2D eigenvalue weighted by Gasteiger charge is 2.49. The topological polar surface area (TPSA) is 111 Å². The van der Waals surface area contributed by atoms with Crippen molar-refractivity contribution < 1.29 is 47.5 Å². The molecule has 3 aliphatic rings. The van der Waals surface area contributed by atoms with Crippen LogP contribution in [0.25, 0.3) is 11.1 Å². The Labute approximate surface area is 238 Å². The van der Waals surface area contributed by atoms with Crippen LogP contribution in [0.15, 0.2) is 30.0 Å². The van der Waals surface area contributed by atoms with Crippen LogP contribution in [-0.4, -0.2) is 78.5 Å². The van der Waals surface area contributed by atoms with Gasteiger partial charge in [-0.1, -0.05) is 6.92 Å². The second-order valence-corrected chi connectivity index (χ2v) is 9.94. The molecule has 0 aromatic heterocycles. The average molecular weight is 570 g/mol. The number of carbonyl (C=O) groups excluding carboxylic acids is 2. The maximum Gasteiger partial charge on any atom is 0.413 e. The lowest BCUT2D eigenvalue weighted by Gasteiger charge is -2.41. The Kier molecular flexibility index (Phi) is 7.79. The fourth-order valence-electron chi connectivity index (χ4n) is 6.15. The van der Waals surface area contributed by atoms with E-state index in [1.807, 2.05) is 25.1 Å². The molecular weight excluding hydrogens is 534 g/mol. The summed E-state index contributed by atoms with van der Waals surface area (Å²) in [5, 5.41) is 0. The Bertz CT molecular complexity index is 1390. The van der Waals surface area contributed by atoms with Crippen LogP contribution in [0.1, 0.15) is 30.4 Å². The summed E-state index contributed by atoms with van der Waals surface area (Å²) in [6.45, 7) is 2.22. The molecule has 0 spiro atoms. The predicted molar refractivity (Wildman–Crippen MR) is 147 cm³/mol. The first-order valence-electron chi connectivity index (χ1n) is 13.3. The maximum atomic E-state index is 13.1. The molecule has 5 rings (SSSR count). The van der Waals surface area contributed by atoms with Crippen molar-refractivity contribution in [3.05, 3.63) is 41.2 Å². The van der Waals surface area contributed by atoms with Crippen LogP contribution in [0, 0.1) is 5.92 Å². The molecular formula is C30H35NO10. The van der Waals surface area contributed by atoms with Gasteiger partial charge in [-0.15, -0.1) is 0 Å². The zero-order chi connectivity index (χ0) is 29.4. The molecule has 1 fully saturated rings. The number of fused-ring (bicyclic) bond motifs is 5. The molecule has 11 heteroatoms. The van der Waals surface area contributed by atoms with Crippen LogP contribution >= 0.6 is 0 Å². The molecule has 1 aliphatic carbocycles. The third kappa shape index (κ3) is 4.53. The smallest absolute Gasteiger partial charge is 0.413 e. The number of benzene rings is 2. The first kappa shape index (κ1) is 28.3.